The van der Waals surface area contributed by atoms with Crippen molar-refractivity contribution in [3.8, 4) is 5.75 Å². The van der Waals surface area contributed by atoms with Crippen molar-refractivity contribution >= 4 is 11.9 Å². The number of aliphatic hydroxyl groups is 1. The van der Waals surface area contributed by atoms with E-state index in [2.05, 4.69) is 5.32 Å². The molecule has 1 aromatic rings. The summed E-state index contributed by atoms with van der Waals surface area (Å²) in [5.41, 5.74) is 0.525. The number of phenols is 1. The number of benzene rings is 1. The molecule has 0 saturated carbocycles. The fourth-order valence-corrected chi connectivity index (χ4v) is 1.29. The van der Waals surface area contributed by atoms with Gasteiger partial charge in [-0.05, 0) is 19.1 Å². The molecule has 17 heavy (non-hydrogen) atoms. The summed E-state index contributed by atoms with van der Waals surface area (Å²) in [7, 11) is 0. The Kier molecular flexibility index (Phi) is 4.06. The first-order valence-electron chi connectivity index (χ1n) is 4.90. The van der Waals surface area contributed by atoms with Crippen LogP contribution < -0.4 is 5.32 Å². The van der Waals surface area contributed by atoms with Crippen LogP contribution in [0.4, 0.5) is 0 Å². The van der Waals surface area contributed by atoms with Crippen LogP contribution >= 0.6 is 0 Å². The molecule has 0 saturated heterocycles. The van der Waals surface area contributed by atoms with Gasteiger partial charge in [0.15, 0.2) is 6.04 Å². The number of rotatable bonds is 4. The number of aliphatic carboxylic acids is 1. The zero-order valence-electron chi connectivity index (χ0n) is 9.17. The third kappa shape index (κ3) is 2.94. The summed E-state index contributed by atoms with van der Waals surface area (Å²) in [6, 6.07) is 3.00. The summed E-state index contributed by atoms with van der Waals surface area (Å²) < 4.78 is 0. The number of hydrogen-bond acceptors (Lipinski definition) is 4. The van der Waals surface area contributed by atoms with Crippen LogP contribution in [0, 0.1) is 6.92 Å². The van der Waals surface area contributed by atoms with Crippen molar-refractivity contribution in [2.45, 2.75) is 13.0 Å². The Morgan fingerprint density at radius 3 is 2.59 bits per heavy atom. The Balaban J connectivity index is 2.90. The Bertz CT molecular complexity index is 443. The quantitative estimate of drug-likeness (QED) is 0.585. The molecule has 0 unspecified atom stereocenters. The molecule has 1 rings (SSSR count). The van der Waals surface area contributed by atoms with Crippen LogP contribution in [0.3, 0.4) is 0 Å². The third-order valence-electron chi connectivity index (χ3n) is 2.34. The first-order valence-corrected chi connectivity index (χ1v) is 4.90. The predicted molar refractivity (Wildman–Crippen MR) is 58.8 cm³/mol. The average Bonchev–Trinajstić information content (AvgIpc) is 2.28. The second-order valence-corrected chi connectivity index (χ2v) is 3.50. The van der Waals surface area contributed by atoms with Gasteiger partial charge in [0.2, 0.25) is 0 Å². The van der Waals surface area contributed by atoms with Gasteiger partial charge in [0.25, 0.3) is 5.91 Å². The van der Waals surface area contributed by atoms with E-state index in [-0.39, 0.29) is 11.3 Å². The van der Waals surface area contributed by atoms with Gasteiger partial charge in [-0.15, -0.1) is 0 Å². The molecule has 0 aliphatic carbocycles. The van der Waals surface area contributed by atoms with Gasteiger partial charge in [-0.25, -0.2) is 4.79 Å². The maximum absolute atomic E-state index is 11.7. The number of nitrogens with one attached hydrogen (secondary N) is 1. The van der Waals surface area contributed by atoms with Crippen LogP contribution in [0.1, 0.15) is 15.9 Å². The van der Waals surface area contributed by atoms with Crippen LogP contribution in [0.15, 0.2) is 18.2 Å². The van der Waals surface area contributed by atoms with Crippen molar-refractivity contribution in [3.63, 3.8) is 0 Å². The maximum atomic E-state index is 11.7. The summed E-state index contributed by atoms with van der Waals surface area (Å²) in [4.78, 5) is 22.3. The number of hydrogen-bond donors (Lipinski definition) is 4. The molecule has 0 aliphatic rings. The SMILES string of the molecule is Cc1c(O)cccc1C(=O)N[C@@H](CO)C(=O)O. The first-order chi connectivity index (χ1) is 7.97. The van der Waals surface area contributed by atoms with Crippen molar-refractivity contribution in [1.82, 2.24) is 5.32 Å². The van der Waals surface area contributed by atoms with Crippen LogP contribution in [0.5, 0.6) is 5.75 Å². The predicted octanol–water partition coefficient (Wildman–Crippen LogP) is -0.124. The lowest BCUT2D eigenvalue weighted by atomic mass is 10.1. The van der Waals surface area contributed by atoms with Gasteiger partial charge in [0.1, 0.15) is 5.75 Å². The number of carbonyl (C=O) groups is 2. The molecule has 0 fully saturated rings. The Hall–Kier alpha value is -2.08. The summed E-state index contributed by atoms with van der Waals surface area (Å²) in [6.07, 6.45) is 0. The van der Waals surface area contributed by atoms with E-state index in [0.717, 1.165) is 0 Å². The molecule has 1 aromatic carbocycles. The lowest BCUT2D eigenvalue weighted by molar-refractivity contribution is -0.140. The fraction of sp³-hybridized carbons (Fsp3) is 0.273. The van der Waals surface area contributed by atoms with E-state index in [1.807, 2.05) is 0 Å². The Labute approximate surface area is 97.5 Å². The van der Waals surface area contributed by atoms with E-state index in [0.29, 0.717) is 5.56 Å². The molecule has 0 radical (unpaired) electrons. The smallest absolute Gasteiger partial charge is 0.328 e. The lowest BCUT2D eigenvalue weighted by Gasteiger charge is -2.13. The summed E-state index contributed by atoms with van der Waals surface area (Å²) in [6.45, 7) is 0.845. The highest BCUT2D eigenvalue weighted by molar-refractivity contribution is 5.98. The Morgan fingerprint density at radius 1 is 1.41 bits per heavy atom. The molecule has 0 heterocycles. The van der Waals surface area contributed by atoms with Gasteiger partial charge in [-0.3, -0.25) is 4.79 Å². The van der Waals surface area contributed by atoms with Crippen molar-refractivity contribution in [2.75, 3.05) is 6.61 Å². The zero-order valence-corrected chi connectivity index (χ0v) is 9.17. The summed E-state index contributed by atoms with van der Waals surface area (Å²) >= 11 is 0. The number of carboxylic acid groups (broad SMARTS) is 1. The van der Waals surface area contributed by atoms with Crippen molar-refractivity contribution in [1.29, 1.82) is 0 Å². The molecule has 6 heteroatoms. The first kappa shape index (κ1) is 13.0. The fourth-order valence-electron chi connectivity index (χ4n) is 1.29. The molecule has 0 bridgehead atoms. The van der Waals surface area contributed by atoms with Crippen LogP contribution in [0.25, 0.3) is 0 Å². The molecular formula is C11H13NO5. The molecule has 4 N–H and O–H groups in total. The summed E-state index contributed by atoms with van der Waals surface area (Å²) in [5, 5.41) is 29.0. The number of aromatic hydroxyl groups is 1. The van der Waals surface area contributed by atoms with Crippen molar-refractivity contribution in [3.05, 3.63) is 29.3 Å². The molecule has 6 nitrogen and oxygen atoms in total. The second-order valence-electron chi connectivity index (χ2n) is 3.50. The van der Waals surface area contributed by atoms with Crippen LogP contribution in [0.2, 0.25) is 0 Å². The number of carboxylic acids is 1. The normalized spacial score (nSPS) is 11.9. The van der Waals surface area contributed by atoms with Gasteiger partial charge in [0, 0.05) is 11.1 Å². The van der Waals surface area contributed by atoms with E-state index >= 15 is 0 Å². The minimum atomic E-state index is -1.36. The van der Waals surface area contributed by atoms with Gasteiger partial charge in [0.05, 0.1) is 6.61 Å². The van der Waals surface area contributed by atoms with Crippen LogP contribution in [-0.4, -0.2) is 39.8 Å². The monoisotopic (exact) mass is 239 g/mol. The molecule has 0 aromatic heterocycles. The largest absolute Gasteiger partial charge is 0.508 e. The number of amides is 1. The minimum Gasteiger partial charge on any atom is -0.508 e. The maximum Gasteiger partial charge on any atom is 0.328 e. The molecular weight excluding hydrogens is 226 g/mol. The number of aliphatic hydroxyl groups excluding tert-OH is 1. The van der Waals surface area contributed by atoms with E-state index in [9.17, 15) is 14.7 Å². The van der Waals surface area contributed by atoms with E-state index in [1.165, 1.54) is 18.2 Å². The third-order valence-corrected chi connectivity index (χ3v) is 2.34. The second kappa shape index (κ2) is 5.31. The van der Waals surface area contributed by atoms with E-state index in [1.54, 1.807) is 6.92 Å². The van der Waals surface area contributed by atoms with Gasteiger partial charge < -0.3 is 20.6 Å². The minimum absolute atomic E-state index is 0.0477. The highest BCUT2D eigenvalue weighted by Crippen LogP contribution is 2.19. The highest BCUT2D eigenvalue weighted by Gasteiger charge is 2.20. The lowest BCUT2D eigenvalue weighted by Crippen LogP contribution is -2.43. The number of carbonyl (C=O) groups excluding carboxylic acids is 1. The highest BCUT2D eigenvalue weighted by atomic mass is 16.4. The van der Waals surface area contributed by atoms with Crippen molar-refractivity contribution < 1.29 is 24.9 Å². The van der Waals surface area contributed by atoms with Gasteiger partial charge in [-0.1, -0.05) is 6.07 Å². The number of phenolic OH excluding ortho intramolecular Hbond substituents is 1. The van der Waals surface area contributed by atoms with Gasteiger partial charge >= 0.3 is 5.97 Å². The average molecular weight is 239 g/mol. The standard InChI is InChI=1S/C11H13NO5/c1-6-7(3-2-4-9(6)14)10(15)12-8(5-13)11(16)17/h2-4,8,13-14H,5H2,1H3,(H,12,15)(H,16,17)/t8-/m0/s1. The molecule has 1 amide bonds. The van der Waals surface area contributed by atoms with E-state index in [4.69, 9.17) is 10.2 Å². The van der Waals surface area contributed by atoms with Crippen LogP contribution in [-0.2, 0) is 4.79 Å². The Morgan fingerprint density at radius 2 is 2.06 bits per heavy atom. The van der Waals surface area contributed by atoms with Crippen molar-refractivity contribution in [2.24, 2.45) is 0 Å². The van der Waals surface area contributed by atoms with E-state index < -0.39 is 24.5 Å². The molecule has 92 valence electrons. The topological polar surface area (TPSA) is 107 Å². The molecule has 0 aliphatic heterocycles. The van der Waals surface area contributed by atoms with Gasteiger partial charge in [-0.2, -0.15) is 0 Å². The summed E-state index contributed by atoms with van der Waals surface area (Å²) in [5.74, 6) is -2.02. The zero-order chi connectivity index (χ0) is 13.0. The molecule has 0 spiro atoms. The molecule has 1 atom stereocenters.